The number of nitrogens with zero attached hydrogens (tertiary/aromatic N) is 4. The van der Waals surface area contributed by atoms with Crippen molar-refractivity contribution in [2.75, 3.05) is 38.2 Å². The number of anilines is 1. The molecule has 0 unspecified atom stereocenters. The van der Waals surface area contributed by atoms with Crippen LogP contribution >= 0.6 is 11.3 Å². The van der Waals surface area contributed by atoms with Crippen LogP contribution in [0.2, 0.25) is 0 Å². The molecule has 1 aliphatic rings. The van der Waals surface area contributed by atoms with E-state index < -0.39 is 0 Å². The lowest BCUT2D eigenvalue weighted by atomic mass is 10.1. The van der Waals surface area contributed by atoms with Gasteiger partial charge in [-0.25, -0.2) is 0 Å². The minimum Gasteiger partial charge on any atom is -0.496 e. The Morgan fingerprint density at radius 1 is 1.21 bits per heavy atom. The van der Waals surface area contributed by atoms with Crippen molar-refractivity contribution in [3.8, 4) is 5.75 Å². The molecular formula is C17H22N4O2S. The van der Waals surface area contributed by atoms with E-state index in [1.54, 1.807) is 18.4 Å². The van der Waals surface area contributed by atoms with Crippen LogP contribution < -0.4 is 9.64 Å². The number of hydrogen-bond donors (Lipinski definition) is 0. The van der Waals surface area contributed by atoms with Gasteiger partial charge in [0.15, 0.2) is 0 Å². The molecule has 0 aliphatic carbocycles. The third-order valence-electron chi connectivity index (χ3n) is 4.20. The third kappa shape index (κ3) is 3.67. The molecule has 7 heteroatoms. The molecule has 24 heavy (non-hydrogen) atoms. The van der Waals surface area contributed by atoms with Crippen LogP contribution in [-0.4, -0.2) is 54.3 Å². The predicted molar refractivity (Wildman–Crippen MR) is 94.9 cm³/mol. The fourth-order valence-electron chi connectivity index (χ4n) is 2.88. The number of benzene rings is 1. The molecule has 1 amide bonds. The smallest absolute Gasteiger partial charge is 0.227 e. The Labute approximate surface area is 146 Å². The largest absolute Gasteiger partial charge is 0.496 e. The summed E-state index contributed by atoms with van der Waals surface area (Å²) in [6, 6.07) is 5.94. The molecule has 6 nitrogen and oxygen atoms in total. The van der Waals surface area contributed by atoms with E-state index >= 15 is 0 Å². The van der Waals surface area contributed by atoms with E-state index in [0.29, 0.717) is 19.5 Å². The lowest BCUT2D eigenvalue weighted by Gasteiger charge is -2.34. The summed E-state index contributed by atoms with van der Waals surface area (Å²) >= 11 is 1.60. The number of carbonyl (C=O) groups is 1. The van der Waals surface area contributed by atoms with Crippen molar-refractivity contribution >= 4 is 22.4 Å². The monoisotopic (exact) mass is 346 g/mol. The van der Waals surface area contributed by atoms with Crippen LogP contribution in [0.3, 0.4) is 0 Å². The van der Waals surface area contributed by atoms with Crippen LogP contribution in [0.1, 0.15) is 16.1 Å². The molecule has 2 heterocycles. The van der Waals surface area contributed by atoms with Crippen molar-refractivity contribution in [2.45, 2.75) is 20.3 Å². The van der Waals surface area contributed by atoms with Crippen LogP contribution in [0.25, 0.3) is 0 Å². The molecular weight excluding hydrogens is 324 g/mol. The molecule has 1 saturated heterocycles. The summed E-state index contributed by atoms with van der Waals surface area (Å²) in [5.74, 6) is 0.920. The summed E-state index contributed by atoms with van der Waals surface area (Å²) in [6.45, 7) is 7.00. The summed E-state index contributed by atoms with van der Waals surface area (Å²) < 4.78 is 5.37. The second-order valence-electron chi connectivity index (χ2n) is 5.96. The molecule has 0 bridgehead atoms. The summed E-state index contributed by atoms with van der Waals surface area (Å²) in [5.41, 5.74) is 2.08. The number of aromatic nitrogens is 2. The van der Waals surface area contributed by atoms with Gasteiger partial charge in [-0.3, -0.25) is 4.79 Å². The molecule has 128 valence electrons. The van der Waals surface area contributed by atoms with Gasteiger partial charge in [0, 0.05) is 31.7 Å². The predicted octanol–water partition coefficient (Wildman–Crippen LogP) is 2.05. The minimum absolute atomic E-state index is 0.145. The Bertz CT molecular complexity index is 723. The molecule has 1 fully saturated rings. The van der Waals surface area contributed by atoms with E-state index in [2.05, 4.69) is 15.1 Å². The van der Waals surface area contributed by atoms with Crippen LogP contribution in [-0.2, 0) is 11.2 Å². The fraction of sp³-hybridized carbons (Fsp3) is 0.471. The number of amides is 1. The number of rotatable bonds is 4. The quantitative estimate of drug-likeness (QED) is 0.848. The number of carbonyl (C=O) groups excluding carboxylic acids is 1. The normalized spacial score (nSPS) is 14.8. The van der Waals surface area contributed by atoms with Crippen molar-refractivity contribution in [2.24, 2.45) is 0 Å². The van der Waals surface area contributed by atoms with Crippen LogP contribution in [0, 0.1) is 13.8 Å². The van der Waals surface area contributed by atoms with E-state index in [4.69, 9.17) is 4.74 Å². The van der Waals surface area contributed by atoms with Gasteiger partial charge in [-0.15, -0.1) is 10.2 Å². The highest BCUT2D eigenvalue weighted by atomic mass is 32.1. The Morgan fingerprint density at radius 3 is 2.58 bits per heavy atom. The lowest BCUT2D eigenvalue weighted by Crippen LogP contribution is -2.49. The Morgan fingerprint density at radius 2 is 1.96 bits per heavy atom. The van der Waals surface area contributed by atoms with Gasteiger partial charge < -0.3 is 14.5 Å². The minimum atomic E-state index is 0.145. The van der Waals surface area contributed by atoms with Gasteiger partial charge in [0.05, 0.1) is 13.5 Å². The first-order valence-electron chi connectivity index (χ1n) is 8.03. The van der Waals surface area contributed by atoms with Gasteiger partial charge >= 0.3 is 0 Å². The van der Waals surface area contributed by atoms with Gasteiger partial charge in [-0.05, 0) is 19.9 Å². The van der Waals surface area contributed by atoms with Gasteiger partial charge in [-0.2, -0.15) is 0 Å². The first-order valence-corrected chi connectivity index (χ1v) is 8.85. The zero-order chi connectivity index (χ0) is 17.1. The first-order chi connectivity index (χ1) is 11.6. The first kappa shape index (κ1) is 16.7. The maximum absolute atomic E-state index is 12.6. The fourth-order valence-corrected chi connectivity index (χ4v) is 3.62. The summed E-state index contributed by atoms with van der Waals surface area (Å²) in [6.07, 6.45) is 0.378. The molecule has 3 rings (SSSR count). The topological polar surface area (TPSA) is 58.6 Å². The molecule has 1 aromatic carbocycles. The van der Waals surface area contributed by atoms with Crippen molar-refractivity contribution in [3.05, 3.63) is 34.3 Å². The number of piperazine rings is 1. The van der Waals surface area contributed by atoms with Crippen molar-refractivity contribution in [1.82, 2.24) is 15.1 Å². The van der Waals surface area contributed by atoms with E-state index in [-0.39, 0.29) is 5.91 Å². The second-order valence-corrected chi connectivity index (χ2v) is 7.12. The lowest BCUT2D eigenvalue weighted by molar-refractivity contribution is -0.130. The van der Waals surface area contributed by atoms with E-state index in [1.165, 1.54) is 0 Å². The van der Waals surface area contributed by atoms with Gasteiger partial charge in [0.25, 0.3) is 0 Å². The van der Waals surface area contributed by atoms with Crippen molar-refractivity contribution in [3.63, 3.8) is 0 Å². The molecule has 0 saturated carbocycles. The highest BCUT2D eigenvalue weighted by Crippen LogP contribution is 2.23. The number of ether oxygens (including phenoxy) is 1. The summed E-state index contributed by atoms with van der Waals surface area (Å²) in [7, 11) is 1.64. The van der Waals surface area contributed by atoms with Gasteiger partial charge in [-0.1, -0.05) is 29.0 Å². The maximum Gasteiger partial charge on any atom is 0.227 e. The standard InChI is InChI=1S/C17H22N4O2S/c1-12-4-5-15(23-3)14(10-12)11-16(22)20-6-8-21(9-7-20)17-19-18-13(2)24-17/h4-5,10H,6-9,11H2,1-3H3. The Hall–Kier alpha value is -2.15. The SMILES string of the molecule is COc1ccc(C)cc1CC(=O)N1CCN(c2nnc(C)s2)CC1. The van der Waals surface area contributed by atoms with Crippen molar-refractivity contribution < 1.29 is 9.53 Å². The number of methoxy groups -OCH3 is 1. The van der Waals surface area contributed by atoms with E-state index in [9.17, 15) is 4.79 Å². The van der Waals surface area contributed by atoms with Gasteiger partial charge in [0.2, 0.25) is 11.0 Å². The van der Waals surface area contributed by atoms with Crippen LogP contribution in [0.15, 0.2) is 18.2 Å². The molecule has 1 aromatic heterocycles. The number of aryl methyl sites for hydroxylation is 2. The molecule has 0 spiro atoms. The second kappa shape index (κ2) is 7.17. The summed E-state index contributed by atoms with van der Waals surface area (Å²) in [5, 5.41) is 10.2. The van der Waals surface area contributed by atoms with Gasteiger partial charge in [0.1, 0.15) is 10.8 Å². The van der Waals surface area contributed by atoms with Crippen LogP contribution in [0.5, 0.6) is 5.75 Å². The Kier molecular flexibility index (Phi) is 4.99. The average molecular weight is 346 g/mol. The zero-order valence-electron chi connectivity index (χ0n) is 14.3. The maximum atomic E-state index is 12.6. The highest BCUT2D eigenvalue weighted by Gasteiger charge is 2.23. The highest BCUT2D eigenvalue weighted by molar-refractivity contribution is 7.15. The molecule has 1 aliphatic heterocycles. The molecule has 2 aromatic rings. The molecule has 0 radical (unpaired) electrons. The molecule has 0 atom stereocenters. The zero-order valence-corrected chi connectivity index (χ0v) is 15.1. The van der Waals surface area contributed by atoms with E-state index in [0.717, 1.165) is 40.1 Å². The molecule has 0 N–H and O–H groups in total. The van der Waals surface area contributed by atoms with E-state index in [1.807, 2.05) is 36.9 Å². The summed E-state index contributed by atoms with van der Waals surface area (Å²) in [4.78, 5) is 16.7. The van der Waals surface area contributed by atoms with Crippen LogP contribution in [0.4, 0.5) is 5.13 Å². The third-order valence-corrected chi connectivity index (χ3v) is 5.10. The van der Waals surface area contributed by atoms with Crippen molar-refractivity contribution in [1.29, 1.82) is 0 Å². The number of hydrogen-bond acceptors (Lipinski definition) is 6. The average Bonchev–Trinajstić information content (AvgIpc) is 3.02. The Balaban J connectivity index is 1.60.